The largest absolute Gasteiger partial charge is 0.393 e. The first kappa shape index (κ1) is 14.3. The van der Waals surface area contributed by atoms with E-state index in [1.165, 1.54) is 18.2 Å². The molecule has 1 amide bonds. The van der Waals surface area contributed by atoms with Gasteiger partial charge in [-0.25, -0.2) is 8.42 Å². The van der Waals surface area contributed by atoms with Crippen molar-refractivity contribution in [2.75, 3.05) is 13.1 Å². The third-order valence-electron chi connectivity index (χ3n) is 3.14. The molecule has 7 heteroatoms. The maximum absolute atomic E-state index is 12.2. The zero-order valence-electron chi connectivity index (χ0n) is 10.1. The number of rotatable bonds is 2. The van der Waals surface area contributed by atoms with Crippen molar-refractivity contribution in [3.8, 4) is 0 Å². The van der Waals surface area contributed by atoms with Crippen molar-refractivity contribution in [1.82, 2.24) is 4.90 Å². The molecule has 0 aliphatic carbocycles. The number of hydrogen-bond donors (Lipinski definition) is 2. The molecule has 1 heterocycles. The van der Waals surface area contributed by atoms with Crippen LogP contribution in [0, 0.1) is 0 Å². The van der Waals surface area contributed by atoms with Crippen LogP contribution in [0.4, 0.5) is 0 Å². The number of halogens is 1. The van der Waals surface area contributed by atoms with Gasteiger partial charge in [0.05, 0.1) is 16.0 Å². The summed E-state index contributed by atoms with van der Waals surface area (Å²) < 4.78 is 22.0. The molecule has 19 heavy (non-hydrogen) atoms. The summed E-state index contributed by atoms with van der Waals surface area (Å²) in [5.41, 5.74) is 0.301. The lowest BCUT2D eigenvalue weighted by atomic mass is 10.1. The molecule has 1 aliphatic heterocycles. The summed E-state index contributed by atoms with van der Waals surface area (Å²) in [5.74, 6) is -0.235. The highest BCUT2D eigenvalue weighted by Crippen LogP contribution is 2.21. The Bertz CT molecular complexity index is 557. The third-order valence-corrected chi connectivity index (χ3v) is 4.37. The topological polar surface area (TPSA) is 74.7 Å². The van der Waals surface area contributed by atoms with Gasteiger partial charge in [0, 0.05) is 18.7 Å². The molecule has 1 saturated heterocycles. The monoisotopic (exact) mass is 303 g/mol. The predicted molar refractivity (Wildman–Crippen MR) is 71.2 cm³/mol. The van der Waals surface area contributed by atoms with Gasteiger partial charge in [-0.05, 0) is 31.0 Å². The molecule has 1 N–H and O–H groups in total. The summed E-state index contributed by atoms with van der Waals surface area (Å²) in [5, 5.41) is 9.51. The Morgan fingerprint density at radius 3 is 2.53 bits per heavy atom. The fraction of sp³-hybridized carbons (Fsp3) is 0.417. The lowest BCUT2D eigenvalue weighted by Crippen LogP contribution is -2.40. The second-order valence-electron chi connectivity index (χ2n) is 4.45. The highest BCUT2D eigenvalue weighted by atomic mass is 35.5. The molecule has 0 spiro atoms. The lowest BCUT2D eigenvalue weighted by Gasteiger charge is -2.29. The van der Waals surface area contributed by atoms with Crippen molar-refractivity contribution in [1.29, 1.82) is 0 Å². The molecular formula is C12H14ClNO4S. The molecule has 0 bridgehead atoms. The maximum Gasteiger partial charge on any atom is 0.253 e. The molecule has 0 aromatic heterocycles. The number of benzene rings is 1. The Morgan fingerprint density at radius 1 is 1.32 bits per heavy atom. The summed E-state index contributed by atoms with van der Waals surface area (Å²) in [7, 11) is -2.82. The summed E-state index contributed by atoms with van der Waals surface area (Å²) >= 11 is 5.76. The number of hydrogen-bond acceptors (Lipinski definition) is 4. The van der Waals surface area contributed by atoms with Crippen LogP contribution < -0.4 is 0 Å². The first-order valence-electron chi connectivity index (χ1n) is 5.90. The van der Waals surface area contributed by atoms with Gasteiger partial charge in [0.25, 0.3) is 5.91 Å². The maximum atomic E-state index is 12.2. The number of carbonyl (C=O) groups excluding carboxylic acids is 1. The van der Waals surface area contributed by atoms with E-state index < -0.39 is 10.7 Å². The summed E-state index contributed by atoms with van der Waals surface area (Å²) in [4.78, 5) is 13.8. The number of amides is 1. The van der Waals surface area contributed by atoms with Crippen molar-refractivity contribution in [2.24, 2.45) is 0 Å². The number of carbonyl (C=O) groups is 1. The van der Waals surface area contributed by atoms with E-state index in [-0.39, 0.29) is 21.9 Å². The highest BCUT2D eigenvalue weighted by Gasteiger charge is 2.22. The van der Waals surface area contributed by atoms with Gasteiger partial charge in [-0.15, -0.1) is 0 Å². The first-order chi connectivity index (χ1) is 8.99. The quantitative estimate of drug-likeness (QED) is 0.796. The molecule has 104 valence electrons. The Morgan fingerprint density at radius 2 is 1.95 bits per heavy atom. The third kappa shape index (κ3) is 3.26. The van der Waals surface area contributed by atoms with E-state index in [1.807, 2.05) is 0 Å². The lowest BCUT2D eigenvalue weighted by molar-refractivity contribution is 0.0546. The summed E-state index contributed by atoms with van der Waals surface area (Å²) in [6.07, 6.45) is 0.727. The summed E-state index contributed by atoms with van der Waals surface area (Å²) in [6, 6.07) is 4.22. The van der Waals surface area contributed by atoms with E-state index >= 15 is 0 Å². The van der Waals surface area contributed by atoms with E-state index in [4.69, 9.17) is 11.6 Å². The number of thiol groups is 1. The molecule has 0 radical (unpaired) electrons. The predicted octanol–water partition coefficient (Wildman–Crippen LogP) is 0.907. The van der Waals surface area contributed by atoms with E-state index in [2.05, 4.69) is 0 Å². The zero-order chi connectivity index (χ0) is 14.0. The molecule has 1 aromatic rings. The standard InChI is InChI=1S/C12H14ClNO4S/c13-10-2-1-8(7-11(10)19(17)18)12(16)14-5-3-9(15)4-6-14/h1-2,7,9,15,19H,3-6H2. The molecule has 0 saturated carbocycles. The minimum absolute atomic E-state index is 0.0421. The van der Waals surface area contributed by atoms with Gasteiger partial charge in [0.1, 0.15) is 0 Å². The van der Waals surface area contributed by atoms with Gasteiger partial charge in [0.15, 0.2) is 10.7 Å². The fourth-order valence-electron chi connectivity index (χ4n) is 2.04. The van der Waals surface area contributed by atoms with Crippen LogP contribution >= 0.6 is 11.6 Å². The normalized spacial score (nSPS) is 16.9. The SMILES string of the molecule is O=C(c1ccc(Cl)c([SH](=O)=O)c1)N1CCC(O)CC1. The molecule has 0 unspecified atom stereocenters. The minimum Gasteiger partial charge on any atom is -0.393 e. The summed E-state index contributed by atoms with van der Waals surface area (Å²) in [6.45, 7) is 0.947. The fourth-order valence-corrected chi connectivity index (χ4v) is 2.86. The van der Waals surface area contributed by atoms with Crippen LogP contribution in [0.2, 0.25) is 5.02 Å². The van der Waals surface area contributed by atoms with Crippen LogP contribution in [0.5, 0.6) is 0 Å². The average Bonchev–Trinajstić information content (AvgIpc) is 2.39. The zero-order valence-corrected chi connectivity index (χ0v) is 11.7. The first-order valence-corrected chi connectivity index (χ1v) is 7.46. The van der Waals surface area contributed by atoms with Crippen molar-refractivity contribution in [3.05, 3.63) is 28.8 Å². The second kappa shape index (κ2) is 5.90. The molecule has 0 atom stereocenters. The average molecular weight is 304 g/mol. The number of nitrogens with zero attached hydrogens (tertiary/aromatic N) is 1. The van der Waals surface area contributed by atoms with E-state index in [1.54, 1.807) is 4.90 Å². The second-order valence-corrected chi connectivity index (χ2v) is 5.85. The van der Waals surface area contributed by atoms with Gasteiger partial charge >= 0.3 is 0 Å². The molecule has 1 aromatic carbocycles. The molecule has 1 fully saturated rings. The van der Waals surface area contributed by atoms with Crippen molar-refractivity contribution >= 4 is 28.2 Å². The smallest absolute Gasteiger partial charge is 0.253 e. The molecular weight excluding hydrogens is 290 g/mol. The van der Waals surface area contributed by atoms with Crippen LogP contribution in [0.15, 0.2) is 23.1 Å². The van der Waals surface area contributed by atoms with Crippen molar-refractivity contribution in [2.45, 2.75) is 23.8 Å². The van der Waals surface area contributed by atoms with Gasteiger partial charge in [-0.1, -0.05) is 11.6 Å². The van der Waals surface area contributed by atoms with Crippen molar-refractivity contribution in [3.63, 3.8) is 0 Å². The van der Waals surface area contributed by atoms with Crippen LogP contribution in [0.1, 0.15) is 23.2 Å². The Kier molecular flexibility index (Phi) is 4.44. The van der Waals surface area contributed by atoms with Gasteiger partial charge in [0.2, 0.25) is 0 Å². The van der Waals surface area contributed by atoms with Crippen LogP contribution in [-0.2, 0) is 10.7 Å². The Hall–Kier alpha value is -1.11. The van der Waals surface area contributed by atoms with Gasteiger partial charge in [-0.2, -0.15) is 0 Å². The number of piperidine rings is 1. The Balaban J connectivity index is 2.22. The van der Waals surface area contributed by atoms with Crippen molar-refractivity contribution < 1.29 is 18.3 Å². The number of aliphatic hydroxyl groups is 1. The molecule has 5 nitrogen and oxygen atoms in total. The van der Waals surface area contributed by atoms with Crippen LogP contribution in [-0.4, -0.2) is 43.5 Å². The number of likely N-dealkylation sites (tertiary alicyclic amines) is 1. The van der Waals surface area contributed by atoms with Gasteiger partial charge < -0.3 is 10.0 Å². The van der Waals surface area contributed by atoms with Crippen LogP contribution in [0.3, 0.4) is 0 Å². The van der Waals surface area contributed by atoms with Gasteiger partial charge in [-0.3, -0.25) is 4.79 Å². The van der Waals surface area contributed by atoms with E-state index in [0.29, 0.717) is 31.5 Å². The number of aliphatic hydroxyl groups excluding tert-OH is 1. The molecule has 2 rings (SSSR count). The minimum atomic E-state index is -2.82. The Labute approximate surface area is 117 Å². The van der Waals surface area contributed by atoms with E-state index in [9.17, 15) is 18.3 Å². The van der Waals surface area contributed by atoms with E-state index in [0.717, 1.165) is 0 Å². The highest BCUT2D eigenvalue weighted by molar-refractivity contribution is 7.72. The van der Waals surface area contributed by atoms with Crippen LogP contribution in [0.25, 0.3) is 0 Å². The molecule has 1 aliphatic rings.